The number of hydrogen-bond acceptors (Lipinski definition) is 6. The number of piperazine rings is 1. The Morgan fingerprint density at radius 2 is 1.86 bits per heavy atom. The highest BCUT2D eigenvalue weighted by molar-refractivity contribution is 5.92. The van der Waals surface area contributed by atoms with Crippen molar-refractivity contribution in [3.63, 3.8) is 0 Å². The average molecular weight is 501 g/mol. The average Bonchev–Trinajstić information content (AvgIpc) is 2.85. The van der Waals surface area contributed by atoms with E-state index in [2.05, 4.69) is 20.3 Å². The van der Waals surface area contributed by atoms with Crippen LogP contribution in [0, 0.1) is 11.8 Å². The molecule has 0 bridgehead atoms. The summed E-state index contributed by atoms with van der Waals surface area (Å²) in [6.45, 7) is 4.61. The summed E-state index contributed by atoms with van der Waals surface area (Å²) in [6.07, 6.45) is -0.392. The molecule has 4 heterocycles. The van der Waals surface area contributed by atoms with Crippen molar-refractivity contribution in [2.24, 2.45) is 0 Å². The molecule has 0 saturated carbocycles. The maximum atomic E-state index is 15.1. The summed E-state index contributed by atoms with van der Waals surface area (Å²) in [5.74, 6) is -1.76. The molecule has 0 atom stereocenters. The SMILES string of the molecule is CCc1cc2ccc(CN3CCN(c4ccc(C(=O)NN5CC(F)C5)nc4F)CC3)c(F)c2[nH]c1=O. The Bertz CT molecular complexity index is 1350. The molecule has 36 heavy (non-hydrogen) atoms. The summed E-state index contributed by atoms with van der Waals surface area (Å²) in [6, 6.07) is 8.24. The number of pyridine rings is 2. The Morgan fingerprint density at radius 1 is 1.11 bits per heavy atom. The Hall–Kier alpha value is -3.44. The molecule has 5 rings (SSSR count). The second kappa shape index (κ2) is 9.90. The van der Waals surface area contributed by atoms with Gasteiger partial charge in [-0.15, -0.1) is 0 Å². The zero-order valence-electron chi connectivity index (χ0n) is 19.9. The number of alkyl halides is 1. The molecule has 2 aliphatic rings. The summed E-state index contributed by atoms with van der Waals surface area (Å²) in [4.78, 5) is 34.7. The summed E-state index contributed by atoms with van der Waals surface area (Å²) in [7, 11) is 0. The number of nitrogens with one attached hydrogen (secondary N) is 2. The lowest BCUT2D eigenvalue weighted by Gasteiger charge is -2.36. The normalized spacial score (nSPS) is 17.4. The predicted molar refractivity (Wildman–Crippen MR) is 130 cm³/mol. The number of aryl methyl sites for hydroxylation is 1. The minimum atomic E-state index is -0.966. The third-order valence-electron chi connectivity index (χ3n) is 6.76. The Balaban J connectivity index is 1.21. The Kier molecular flexibility index (Phi) is 6.67. The van der Waals surface area contributed by atoms with Crippen molar-refractivity contribution < 1.29 is 18.0 Å². The first-order chi connectivity index (χ1) is 17.3. The summed E-state index contributed by atoms with van der Waals surface area (Å²) < 4.78 is 42.8. The first-order valence-corrected chi connectivity index (χ1v) is 12.0. The van der Waals surface area contributed by atoms with Crippen LogP contribution in [0.4, 0.5) is 18.9 Å². The Labute approximate surface area is 205 Å². The monoisotopic (exact) mass is 500 g/mol. The number of benzene rings is 1. The van der Waals surface area contributed by atoms with Crippen molar-refractivity contribution in [3.8, 4) is 0 Å². The second-order valence-electron chi connectivity index (χ2n) is 9.19. The van der Waals surface area contributed by atoms with E-state index in [4.69, 9.17) is 0 Å². The van der Waals surface area contributed by atoms with Crippen molar-refractivity contribution in [1.29, 1.82) is 0 Å². The summed E-state index contributed by atoms with van der Waals surface area (Å²) in [5.41, 5.74) is 3.75. The van der Waals surface area contributed by atoms with Crippen LogP contribution in [0.5, 0.6) is 0 Å². The van der Waals surface area contributed by atoms with Crippen molar-refractivity contribution in [2.45, 2.75) is 26.1 Å². The molecule has 3 aromatic rings. The molecule has 2 aliphatic heterocycles. The van der Waals surface area contributed by atoms with Crippen LogP contribution in [0.25, 0.3) is 10.9 Å². The standard InChI is InChI=1S/C25H27F3N6O2/c1-2-15-11-16-3-4-17(21(27)22(16)30-24(15)35)12-32-7-9-33(10-8-32)20-6-5-19(29-23(20)28)25(36)31-34-13-18(26)14-34/h3-6,11,18H,2,7-10,12-14H2,1H3,(H,30,35)(H,31,36). The van der Waals surface area contributed by atoms with E-state index >= 15 is 4.39 Å². The molecule has 0 spiro atoms. The van der Waals surface area contributed by atoms with Gasteiger partial charge in [-0.05, 0) is 24.6 Å². The molecule has 0 radical (unpaired) electrons. The van der Waals surface area contributed by atoms with Gasteiger partial charge in [0.05, 0.1) is 24.3 Å². The molecule has 8 nitrogen and oxygen atoms in total. The van der Waals surface area contributed by atoms with Gasteiger partial charge in [-0.2, -0.15) is 4.39 Å². The molecule has 2 aromatic heterocycles. The fourth-order valence-corrected chi connectivity index (χ4v) is 4.61. The number of carbonyl (C=O) groups excluding carboxylic acids is 1. The number of rotatable bonds is 6. The van der Waals surface area contributed by atoms with Crippen LogP contribution in [0.15, 0.2) is 35.1 Å². The van der Waals surface area contributed by atoms with E-state index in [0.717, 1.165) is 0 Å². The third-order valence-corrected chi connectivity index (χ3v) is 6.76. The maximum absolute atomic E-state index is 15.1. The molecular formula is C25H27F3N6O2. The highest BCUT2D eigenvalue weighted by Gasteiger charge is 2.28. The van der Waals surface area contributed by atoms with Crippen LogP contribution in [0.1, 0.15) is 28.5 Å². The molecule has 2 N–H and O–H groups in total. The minimum absolute atomic E-state index is 0.0759. The fourth-order valence-electron chi connectivity index (χ4n) is 4.61. The van der Waals surface area contributed by atoms with Gasteiger partial charge in [-0.3, -0.25) is 19.9 Å². The summed E-state index contributed by atoms with van der Waals surface area (Å²) >= 11 is 0. The van der Waals surface area contributed by atoms with Crippen molar-refractivity contribution in [3.05, 3.63) is 69.3 Å². The molecule has 0 aliphatic carbocycles. The van der Waals surface area contributed by atoms with Crippen LogP contribution >= 0.6 is 0 Å². The number of carbonyl (C=O) groups is 1. The second-order valence-corrected chi connectivity index (χ2v) is 9.19. The molecule has 2 fully saturated rings. The number of aromatic nitrogens is 2. The largest absolute Gasteiger partial charge is 0.365 e. The van der Waals surface area contributed by atoms with Gasteiger partial charge in [0.1, 0.15) is 11.9 Å². The molecule has 190 valence electrons. The predicted octanol–water partition coefficient (Wildman–Crippen LogP) is 2.38. The number of amides is 1. The fraction of sp³-hybridized carbons (Fsp3) is 0.400. The van der Waals surface area contributed by atoms with Crippen LogP contribution in [-0.2, 0) is 13.0 Å². The van der Waals surface area contributed by atoms with E-state index in [1.807, 2.05) is 17.9 Å². The lowest BCUT2D eigenvalue weighted by atomic mass is 10.1. The van der Waals surface area contributed by atoms with Crippen molar-refractivity contribution >= 4 is 22.5 Å². The van der Waals surface area contributed by atoms with Gasteiger partial charge in [0.25, 0.3) is 11.5 Å². The molecule has 11 heteroatoms. The van der Waals surface area contributed by atoms with E-state index in [9.17, 15) is 18.4 Å². The number of halogens is 3. The topological polar surface area (TPSA) is 84.6 Å². The van der Waals surface area contributed by atoms with Gasteiger partial charge in [-0.1, -0.05) is 19.1 Å². The minimum Gasteiger partial charge on any atom is -0.365 e. The van der Waals surface area contributed by atoms with Gasteiger partial charge in [0.15, 0.2) is 5.82 Å². The van der Waals surface area contributed by atoms with E-state index in [1.165, 1.54) is 17.1 Å². The molecule has 1 amide bonds. The zero-order valence-corrected chi connectivity index (χ0v) is 19.9. The molecular weight excluding hydrogens is 473 g/mol. The third kappa shape index (κ3) is 4.80. The van der Waals surface area contributed by atoms with Crippen LogP contribution in [0.3, 0.4) is 0 Å². The van der Waals surface area contributed by atoms with Gasteiger partial charge < -0.3 is 9.88 Å². The molecule has 0 unspecified atom stereocenters. The quantitative estimate of drug-likeness (QED) is 0.506. The van der Waals surface area contributed by atoms with Crippen molar-refractivity contribution in [2.75, 3.05) is 44.2 Å². The van der Waals surface area contributed by atoms with Crippen LogP contribution < -0.4 is 15.9 Å². The van der Waals surface area contributed by atoms with E-state index in [-0.39, 0.29) is 29.9 Å². The van der Waals surface area contributed by atoms with E-state index in [0.29, 0.717) is 61.3 Å². The number of hydrogen-bond donors (Lipinski definition) is 2. The smallest absolute Gasteiger partial charge is 0.284 e. The lowest BCUT2D eigenvalue weighted by Crippen LogP contribution is -2.57. The molecule has 1 aromatic carbocycles. The van der Waals surface area contributed by atoms with E-state index < -0.39 is 23.8 Å². The highest BCUT2D eigenvalue weighted by Crippen LogP contribution is 2.23. The highest BCUT2D eigenvalue weighted by atomic mass is 19.1. The van der Waals surface area contributed by atoms with Crippen LogP contribution in [-0.4, -0.2) is 71.2 Å². The zero-order chi connectivity index (χ0) is 25.4. The number of aromatic amines is 1. The Morgan fingerprint density at radius 3 is 2.53 bits per heavy atom. The summed E-state index contributed by atoms with van der Waals surface area (Å²) in [5, 5.41) is 2.08. The maximum Gasteiger partial charge on any atom is 0.284 e. The van der Waals surface area contributed by atoms with E-state index in [1.54, 1.807) is 12.1 Å². The number of nitrogens with zero attached hydrogens (tertiary/aromatic N) is 4. The number of H-pyrrole nitrogens is 1. The number of anilines is 1. The van der Waals surface area contributed by atoms with Gasteiger partial charge in [-0.25, -0.2) is 18.8 Å². The first-order valence-electron chi connectivity index (χ1n) is 12.0. The number of hydrazine groups is 1. The van der Waals surface area contributed by atoms with Gasteiger partial charge >= 0.3 is 0 Å². The number of fused-ring (bicyclic) bond motifs is 1. The molecule has 2 saturated heterocycles. The first kappa shape index (κ1) is 24.3. The lowest BCUT2D eigenvalue weighted by molar-refractivity contribution is 0.0189. The van der Waals surface area contributed by atoms with Gasteiger partial charge in [0, 0.05) is 49.2 Å². The van der Waals surface area contributed by atoms with Crippen LogP contribution in [0.2, 0.25) is 0 Å². The van der Waals surface area contributed by atoms with Gasteiger partial charge in [0.2, 0.25) is 5.95 Å². The van der Waals surface area contributed by atoms with Crippen molar-refractivity contribution in [1.82, 2.24) is 25.3 Å².